The van der Waals surface area contributed by atoms with Crippen molar-refractivity contribution in [1.82, 2.24) is 48.2 Å². The molecule has 0 aliphatic carbocycles. The van der Waals surface area contributed by atoms with E-state index in [-0.39, 0.29) is 0 Å². The van der Waals surface area contributed by atoms with Crippen LogP contribution in [0.25, 0.3) is 200 Å². The maximum atomic E-state index is 5.04. The zero-order valence-corrected chi connectivity index (χ0v) is 58.3. The minimum Gasteiger partial charge on any atom is -0.309 e. The minimum absolute atomic E-state index is 0.629. The number of rotatable bonds is 10. The van der Waals surface area contributed by atoms with Crippen LogP contribution in [0.3, 0.4) is 0 Å². The van der Waals surface area contributed by atoms with Gasteiger partial charge in [-0.15, -0.1) is 0 Å². The Hall–Kier alpha value is -14.7. The van der Waals surface area contributed by atoms with Gasteiger partial charge in [0.05, 0.1) is 44.1 Å². The van der Waals surface area contributed by atoms with Gasteiger partial charge >= 0.3 is 0 Å². The van der Waals surface area contributed by atoms with Gasteiger partial charge in [0.25, 0.3) is 0 Å². The Bertz CT molecular complexity index is 7080. The zero-order chi connectivity index (χ0) is 71.2. The van der Waals surface area contributed by atoms with Crippen LogP contribution >= 0.6 is 0 Å². The third-order valence-corrected chi connectivity index (χ3v) is 21.0. The fraction of sp³-hybridized carbons (Fsp3) is 0. The molecule has 16 aromatic carbocycles. The molecule has 6 aromatic heterocycles. The molecule has 0 unspecified atom stereocenters. The Morgan fingerprint density at radius 1 is 0.139 bits per heavy atom. The smallest absolute Gasteiger partial charge is 0.164 e. The van der Waals surface area contributed by atoms with Crippen LogP contribution in [0, 0.1) is 0 Å². The summed E-state index contributed by atoms with van der Waals surface area (Å²) < 4.78 is 9.53. The standard InChI is InChI=1S/2C49H31N5/c1-3-14-32(15-4-1)47-50-48(33-16-5-2-6-17-33)52-49(51-47)35-18-13-19-37(28-35)54-45-25-12-9-22-41(45)42-30-36-29-38(27-26-34(36)31-46(42)54)53-43-23-10-7-20-39(43)40-21-8-11-24-44(40)53;1-3-14-32(15-4-1)47-50-48(33-16-5-2-6-17-33)52-49(51-47)36-20-13-21-37(28-36)54-45-27-26-38(31-42(45)41-29-34-18-7-8-19-35(34)30-46(41)54)53-43-24-11-9-22-39(43)40-23-10-12-25-44(40)53/h2*1-31H. The second kappa shape index (κ2) is 25.6. The first-order valence-corrected chi connectivity index (χ1v) is 36.4. The number of fused-ring (bicyclic) bond motifs is 14. The Morgan fingerprint density at radius 3 is 0.806 bits per heavy atom. The number of para-hydroxylation sites is 5. The maximum absolute atomic E-state index is 5.04. The first kappa shape index (κ1) is 61.9. The zero-order valence-electron chi connectivity index (χ0n) is 58.3. The third-order valence-electron chi connectivity index (χ3n) is 21.0. The number of benzene rings is 16. The maximum Gasteiger partial charge on any atom is 0.164 e. The van der Waals surface area contributed by atoms with E-state index in [1.807, 2.05) is 121 Å². The number of hydrogen-bond acceptors (Lipinski definition) is 6. The lowest BCUT2D eigenvalue weighted by Gasteiger charge is -2.12. The summed E-state index contributed by atoms with van der Waals surface area (Å²) in [6.45, 7) is 0. The quantitative estimate of drug-likeness (QED) is 0.135. The van der Waals surface area contributed by atoms with E-state index in [1.165, 1.54) is 86.7 Å². The van der Waals surface area contributed by atoms with Crippen molar-refractivity contribution in [3.8, 4) is 91.1 Å². The van der Waals surface area contributed by atoms with Gasteiger partial charge in [-0.05, 0) is 131 Å². The van der Waals surface area contributed by atoms with E-state index >= 15 is 0 Å². The second-order valence-electron chi connectivity index (χ2n) is 27.4. The topological polar surface area (TPSA) is 97.1 Å². The van der Waals surface area contributed by atoms with Crippen molar-refractivity contribution in [2.24, 2.45) is 0 Å². The monoisotopic (exact) mass is 1380 g/mol. The van der Waals surface area contributed by atoms with Crippen molar-refractivity contribution in [3.63, 3.8) is 0 Å². The van der Waals surface area contributed by atoms with Crippen molar-refractivity contribution < 1.29 is 0 Å². The van der Waals surface area contributed by atoms with E-state index in [0.717, 1.165) is 78.2 Å². The average molecular weight is 1380 g/mol. The molecule has 0 saturated heterocycles. The van der Waals surface area contributed by atoms with Crippen molar-refractivity contribution in [1.29, 1.82) is 0 Å². The van der Waals surface area contributed by atoms with Crippen LogP contribution in [0.1, 0.15) is 0 Å². The van der Waals surface area contributed by atoms with Crippen molar-refractivity contribution in [2.45, 2.75) is 0 Å². The van der Waals surface area contributed by atoms with Gasteiger partial charge in [-0.1, -0.05) is 267 Å². The highest BCUT2D eigenvalue weighted by Crippen LogP contribution is 2.42. The molecular weight excluding hydrogens is 1320 g/mol. The van der Waals surface area contributed by atoms with Crippen LogP contribution in [0.15, 0.2) is 376 Å². The van der Waals surface area contributed by atoms with Crippen molar-refractivity contribution in [3.05, 3.63) is 376 Å². The molecule has 6 heterocycles. The van der Waals surface area contributed by atoms with E-state index in [9.17, 15) is 0 Å². The molecule has 0 saturated carbocycles. The number of aromatic nitrogens is 10. The second-order valence-corrected chi connectivity index (χ2v) is 27.4. The predicted octanol–water partition coefficient (Wildman–Crippen LogP) is 24.4. The molecule has 0 bridgehead atoms. The highest BCUT2D eigenvalue weighted by atomic mass is 15.1. The van der Waals surface area contributed by atoms with Gasteiger partial charge in [-0.3, -0.25) is 0 Å². The summed E-state index contributed by atoms with van der Waals surface area (Å²) in [6, 6.07) is 133. The van der Waals surface area contributed by atoms with Gasteiger partial charge in [0, 0.05) is 99.2 Å². The fourth-order valence-corrected chi connectivity index (χ4v) is 16.1. The molecule has 0 atom stereocenters. The Labute approximate surface area is 620 Å². The number of hydrogen-bond donors (Lipinski definition) is 0. The predicted molar refractivity (Wildman–Crippen MR) is 445 cm³/mol. The molecule has 0 spiro atoms. The summed E-state index contributed by atoms with van der Waals surface area (Å²) >= 11 is 0. The van der Waals surface area contributed by atoms with Crippen LogP contribution < -0.4 is 0 Å². The van der Waals surface area contributed by atoms with Crippen molar-refractivity contribution >= 4 is 109 Å². The highest BCUT2D eigenvalue weighted by Gasteiger charge is 2.22. The van der Waals surface area contributed by atoms with Gasteiger partial charge < -0.3 is 18.3 Å². The summed E-state index contributed by atoms with van der Waals surface area (Å²) in [5.41, 5.74) is 19.4. The van der Waals surface area contributed by atoms with Gasteiger partial charge in [-0.25, -0.2) is 29.9 Å². The summed E-state index contributed by atoms with van der Waals surface area (Å²) in [4.78, 5) is 30.0. The van der Waals surface area contributed by atoms with Gasteiger partial charge in [0.2, 0.25) is 0 Å². The lowest BCUT2D eigenvalue weighted by Crippen LogP contribution is -2.01. The first-order chi connectivity index (χ1) is 53.5. The van der Waals surface area contributed by atoms with Gasteiger partial charge in [0.1, 0.15) is 0 Å². The van der Waals surface area contributed by atoms with Gasteiger partial charge in [-0.2, -0.15) is 0 Å². The van der Waals surface area contributed by atoms with Gasteiger partial charge in [0.15, 0.2) is 34.9 Å². The molecule has 0 aliphatic heterocycles. The molecule has 0 aliphatic rings. The molecule has 10 nitrogen and oxygen atoms in total. The lowest BCUT2D eigenvalue weighted by molar-refractivity contribution is 1.07. The van der Waals surface area contributed by atoms with E-state index < -0.39 is 0 Å². The van der Waals surface area contributed by atoms with E-state index in [1.54, 1.807) is 0 Å². The number of nitrogens with zero attached hydrogens (tertiary/aromatic N) is 10. The average Bonchev–Trinajstić information content (AvgIpc) is 1.57. The fourth-order valence-electron chi connectivity index (χ4n) is 16.1. The largest absolute Gasteiger partial charge is 0.309 e. The van der Waals surface area contributed by atoms with Crippen LogP contribution in [0.2, 0.25) is 0 Å². The summed E-state index contributed by atoms with van der Waals surface area (Å²) in [5.74, 6) is 3.84. The molecule has 0 radical (unpaired) electrons. The molecule has 10 heteroatoms. The molecule has 0 N–H and O–H groups in total. The normalized spacial score (nSPS) is 11.7. The van der Waals surface area contributed by atoms with E-state index in [4.69, 9.17) is 29.9 Å². The molecule has 22 rings (SSSR count). The molecule has 0 amide bonds. The Balaban J connectivity index is 0.000000138. The molecule has 0 fully saturated rings. The Morgan fingerprint density at radius 2 is 0.398 bits per heavy atom. The summed E-state index contributed by atoms with van der Waals surface area (Å²) in [6.07, 6.45) is 0. The summed E-state index contributed by atoms with van der Waals surface area (Å²) in [5, 5.41) is 14.6. The first-order valence-electron chi connectivity index (χ1n) is 36.4. The van der Waals surface area contributed by atoms with E-state index in [0.29, 0.717) is 34.9 Å². The molecule has 108 heavy (non-hydrogen) atoms. The molecule has 504 valence electrons. The van der Waals surface area contributed by atoms with Crippen LogP contribution in [0.5, 0.6) is 0 Å². The highest BCUT2D eigenvalue weighted by molar-refractivity contribution is 6.17. The van der Waals surface area contributed by atoms with Crippen molar-refractivity contribution in [2.75, 3.05) is 0 Å². The Kier molecular flexibility index (Phi) is 14.7. The summed E-state index contributed by atoms with van der Waals surface area (Å²) in [7, 11) is 0. The minimum atomic E-state index is 0.629. The van der Waals surface area contributed by atoms with Crippen LogP contribution in [0.4, 0.5) is 0 Å². The molecule has 22 aromatic rings. The lowest BCUT2D eigenvalue weighted by atomic mass is 10.1. The molecular formula is C98H62N10. The van der Waals surface area contributed by atoms with Crippen LogP contribution in [-0.4, -0.2) is 48.2 Å². The third kappa shape index (κ3) is 10.6. The van der Waals surface area contributed by atoms with E-state index in [2.05, 4.69) is 273 Å². The SMILES string of the molecule is c1ccc(-c2nc(-c3ccccc3)nc(-c3cccc(-n4c5ccc(-n6c7ccccc7c7ccccc76)cc5c5cc6ccccc6cc54)c3)n2)cc1.c1ccc(-c2nc(-c3ccccc3)nc(-c3cccc(-n4c5ccccc5c5cc6cc(-n7c8ccccc8c8ccccc87)ccc6cc54)c3)n2)cc1. The van der Waals surface area contributed by atoms with Crippen LogP contribution in [-0.2, 0) is 0 Å².